The van der Waals surface area contributed by atoms with Gasteiger partial charge >= 0.3 is 0 Å². The lowest BCUT2D eigenvalue weighted by atomic mass is 9.93. The van der Waals surface area contributed by atoms with Crippen LogP contribution in [0.15, 0.2) is 0 Å². The van der Waals surface area contributed by atoms with Gasteiger partial charge in [0.1, 0.15) is 6.04 Å². The van der Waals surface area contributed by atoms with E-state index >= 15 is 0 Å². The first-order valence-electron chi connectivity index (χ1n) is 7.31. The third kappa shape index (κ3) is 2.24. The van der Waals surface area contributed by atoms with E-state index in [4.69, 9.17) is 4.74 Å². The monoisotopic (exact) mass is 266 g/mol. The summed E-state index contributed by atoms with van der Waals surface area (Å²) in [6.07, 6.45) is 4.03. The van der Waals surface area contributed by atoms with Crippen LogP contribution >= 0.6 is 0 Å². The maximum Gasteiger partial charge on any atom is 0.245 e. The Morgan fingerprint density at radius 3 is 2.68 bits per heavy atom. The molecule has 0 aliphatic carbocycles. The van der Waals surface area contributed by atoms with Gasteiger partial charge in [0, 0.05) is 13.0 Å². The molecule has 4 unspecified atom stereocenters. The van der Waals surface area contributed by atoms with Crippen molar-refractivity contribution in [2.75, 3.05) is 6.54 Å². The average molecular weight is 266 g/mol. The molecule has 106 valence electrons. The molecule has 5 nitrogen and oxygen atoms in total. The van der Waals surface area contributed by atoms with Crippen molar-refractivity contribution in [1.29, 1.82) is 0 Å². The molecule has 0 radical (unpaired) electrons. The topological polar surface area (TPSA) is 58.6 Å². The number of ether oxygens (including phenoxy) is 1. The van der Waals surface area contributed by atoms with Crippen molar-refractivity contribution in [2.45, 2.75) is 63.8 Å². The molecule has 3 aliphatic heterocycles. The van der Waals surface area contributed by atoms with Gasteiger partial charge in [-0.1, -0.05) is 13.8 Å². The molecule has 3 heterocycles. The number of carbonyl (C=O) groups excluding carboxylic acids is 2. The number of amides is 2. The maximum atomic E-state index is 12.7. The zero-order valence-electron chi connectivity index (χ0n) is 11.6. The second-order valence-electron chi connectivity index (χ2n) is 6.25. The van der Waals surface area contributed by atoms with Crippen molar-refractivity contribution >= 4 is 11.8 Å². The molecule has 1 N–H and O–H groups in total. The van der Waals surface area contributed by atoms with E-state index in [1.54, 1.807) is 0 Å². The zero-order chi connectivity index (χ0) is 13.6. The Morgan fingerprint density at radius 1 is 1.32 bits per heavy atom. The molecule has 4 atom stereocenters. The van der Waals surface area contributed by atoms with E-state index in [-0.39, 0.29) is 35.9 Å². The van der Waals surface area contributed by atoms with Crippen LogP contribution in [0.3, 0.4) is 0 Å². The molecule has 2 amide bonds. The molecule has 3 aliphatic rings. The van der Waals surface area contributed by atoms with Gasteiger partial charge in [-0.15, -0.1) is 0 Å². The Morgan fingerprint density at radius 2 is 2.11 bits per heavy atom. The number of nitrogens with zero attached hydrogens (tertiary/aromatic N) is 1. The Labute approximate surface area is 113 Å². The van der Waals surface area contributed by atoms with E-state index in [0.29, 0.717) is 19.1 Å². The summed E-state index contributed by atoms with van der Waals surface area (Å²) in [5.74, 6) is 0.178. The second-order valence-corrected chi connectivity index (χ2v) is 6.25. The van der Waals surface area contributed by atoms with Crippen LogP contribution in [0.2, 0.25) is 0 Å². The van der Waals surface area contributed by atoms with Crippen molar-refractivity contribution in [3.63, 3.8) is 0 Å². The quantitative estimate of drug-likeness (QED) is 0.799. The van der Waals surface area contributed by atoms with Crippen LogP contribution in [0.1, 0.15) is 39.5 Å². The SMILES string of the molecule is CC(C)C1NC(=O)CCN(C2CC3CCC2O3)C1=O. The molecule has 3 fully saturated rings. The lowest BCUT2D eigenvalue weighted by Crippen LogP contribution is -2.53. The standard InChI is InChI=1S/C14H22N2O3/c1-8(2)13-14(18)16(6-5-12(17)15-13)10-7-9-3-4-11(10)19-9/h8-11,13H,3-7H2,1-2H3,(H,15,17). The van der Waals surface area contributed by atoms with E-state index in [9.17, 15) is 9.59 Å². The van der Waals surface area contributed by atoms with E-state index in [1.165, 1.54) is 0 Å². The highest BCUT2D eigenvalue weighted by Crippen LogP contribution is 2.37. The van der Waals surface area contributed by atoms with E-state index in [1.807, 2.05) is 18.7 Å². The fourth-order valence-corrected chi connectivity index (χ4v) is 3.54. The highest BCUT2D eigenvalue weighted by Gasteiger charge is 2.47. The molecule has 3 rings (SSSR count). The van der Waals surface area contributed by atoms with Crippen LogP contribution in [-0.4, -0.2) is 47.6 Å². The van der Waals surface area contributed by atoms with Gasteiger partial charge in [0.2, 0.25) is 11.8 Å². The Hall–Kier alpha value is -1.10. The summed E-state index contributed by atoms with van der Waals surface area (Å²) in [6, 6.07) is -0.200. The molecule has 3 saturated heterocycles. The van der Waals surface area contributed by atoms with Crippen LogP contribution in [0.25, 0.3) is 0 Å². The molecule has 0 spiro atoms. The molecule has 2 bridgehead atoms. The first-order chi connectivity index (χ1) is 9.06. The fraction of sp³-hybridized carbons (Fsp3) is 0.857. The minimum Gasteiger partial charge on any atom is -0.373 e. The lowest BCUT2D eigenvalue weighted by molar-refractivity contribution is -0.137. The van der Waals surface area contributed by atoms with Crippen molar-refractivity contribution < 1.29 is 14.3 Å². The smallest absolute Gasteiger partial charge is 0.245 e. The molecule has 19 heavy (non-hydrogen) atoms. The molecule has 0 aromatic heterocycles. The van der Waals surface area contributed by atoms with Gasteiger partial charge in [0.25, 0.3) is 0 Å². The van der Waals surface area contributed by atoms with Crippen LogP contribution in [0.4, 0.5) is 0 Å². The molecular weight excluding hydrogens is 244 g/mol. The van der Waals surface area contributed by atoms with Gasteiger partial charge in [-0.3, -0.25) is 9.59 Å². The Balaban J connectivity index is 1.79. The van der Waals surface area contributed by atoms with Gasteiger partial charge in [-0.25, -0.2) is 0 Å². The molecule has 0 saturated carbocycles. The molecule has 5 heteroatoms. The van der Waals surface area contributed by atoms with Crippen LogP contribution in [0.5, 0.6) is 0 Å². The number of hydrogen-bond acceptors (Lipinski definition) is 3. The summed E-state index contributed by atoms with van der Waals surface area (Å²) in [5, 5.41) is 2.85. The minimum atomic E-state index is -0.380. The predicted octanol–water partition coefficient (Wildman–Crippen LogP) is 0.679. The minimum absolute atomic E-state index is 0.0152. The summed E-state index contributed by atoms with van der Waals surface area (Å²) >= 11 is 0. The maximum absolute atomic E-state index is 12.7. The van der Waals surface area contributed by atoms with E-state index in [0.717, 1.165) is 19.3 Å². The van der Waals surface area contributed by atoms with Crippen molar-refractivity contribution in [2.24, 2.45) is 5.92 Å². The fourth-order valence-electron chi connectivity index (χ4n) is 3.54. The molecular formula is C14H22N2O3. The largest absolute Gasteiger partial charge is 0.373 e. The van der Waals surface area contributed by atoms with Crippen molar-refractivity contribution in [1.82, 2.24) is 10.2 Å². The van der Waals surface area contributed by atoms with Gasteiger partial charge in [0.15, 0.2) is 0 Å². The molecule has 0 aromatic carbocycles. The third-order valence-electron chi connectivity index (χ3n) is 4.59. The Bertz CT molecular complexity index is 396. The summed E-state index contributed by atoms with van der Waals surface area (Å²) in [7, 11) is 0. The van der Waals surface area contributed by atoms with Crippen molar-refractivity contribution in [3.05, 3.63) is 0 Å². The first-order valence-corrected chi connectivity index (χ1v) is 7.31. The number of nitrogens with one attached hydrogen (secondary N) is 1. The third-order valence-corrected chi connectivity index (χ3v) is 4.59. The van der Waals surface area contributed by atoms with Crippen molar-refractivity contribution in [3.8, 4) is 0 Å². The number of carbonyl (C=O) groups is 2. The van der Waals surface area contributed by atoms with Gasteiger partial charge in [-0.2, -0.15) is 0 Å². The zero-order valence-corrected chi connectivity index (χ0v) is 11.6. The summed E-state index contributed by atoms with van der Waals surface area (Å²) in [4.78, 5) is 26.3. The number of hydrogen-bond donors (Lipinski definition) is 1. The number of rotatable bonds is 2. The normalized spacial score (nSPS) is 38.8. The predicted molar refractivity (Wildman–Crippen MR) is 69.4 cm³/mol. The van der Waals surface area contributed by atoms with E-state index < -0.39 is 0 Å². The highest BCUT2D eigenvalue weighted by molar-refractivity contribution is 5.90. The summed E-state index contributed by atoms with van der Waals surface area (Å²) < 4.78 is 5.85. The van der Waals surface area contributed by atoms with Crippen LogP contribution in [-0.2, 0) is 14.3 Å². The summed E-state index contributed by atoms with van der Waals surface area (Å²) in [5.41, 5.74) is 0. The van der Waals surface area contributed by atoms with Gasteiger partial charge < -0.3 is 15.0 Å². The van der Waals surface area contributed by atoms with E-state index in [2.05, 4.69) is 5.32 Å². The molecule has 0 aromatic rings. The second kappa shape index (κ2) is 4.78. The first kappa shape index (κ1) is 12.9. The number of fused-ring (bicyclic) bond motifs is 2. The van der Waals surface area contributed by atoms with Gasteiger partial charge in [0.05, 0.1) is 18.2 Å². The van der Waals surface area contributed by atoms with Crippen LogP contribution < -0.4 is 5.32 Å². The average Bonchev–Trinajstić information content (AvgIpc) is 2.94. The lowest BCUT2D eigenvalue weighted by Gasteiger charge is -2.34. The van der Waals surface area contributed by atoms with Crippen LogP contribution in [0, 0.1) is 5.92 Å². The Kier molecular flexibility index (Phi) is 3.25. The highest BCUT2D eigenvalue weighted by atomic mass is 16.5. The van der Waals surface area contributed by atoms with Gasteiger partial charge in [-0.05, 0) is 25.2 Å². The summed E-state index contributed by atoms with van der Waals surface area (Å²) in [6.45, 7) is 4.48.